The number of ketones is 2. The van der Waals surface area contributed by atoms with Crippen molar-refractivity contribution in [3.05, 3.63) is 29.3 Å². The third kappa shape index (κ3) is 1.37. The molecule has 0 heterocycles. The zero-order valence-electron chi connectivity index (χ0n) is 8.39. The normalized spacial score (nSPS) is 18.4. The first kappa shape index (κ1) is 10.4. The number of phenolic OH excluding ortho intramolecular Hbond substituents is 1. The van der Waals surface area contributed by atoms with Gasteiger partial charge in [-0.15, -0.1) is 0 Å². The lowest BCUT2D eigenvalue weighted by molar-refractivity contribution is -0.142. The van der Waals surface area contributed by atoms with Gasteiger partial charge in [-0.3, -0.25) is 14.4 Å². The van der Waals surface area contributed by atoms with Crippen LogP contribution in [0.1, 0.15) is 27.6 Å². The Balaban J connectivity index is 2.48. The molecule has 1 aromatic carbocycles. The Morgan fingerprint density at radius 1 is 1.31 bits per heavy atom. The number of aromatic hydroxyl groups is 1. The van der Waals surface area contributed by atoms with Crippen molar-refractivity contribution in [1.82, 2.24) is 0 Å². The topological polar surface area (TPSA) is 80.7 Å². The molecule has 0 bridgehead atoms. The van der Waals surface area contributed by atoms with Crippen molar-refractivity contribution in [1.29, 1.82) is 0 Å². The van der Waals surface area contributed by atoms with Gasteiger partial charge in [0.25, 0.3) is 0 Å². The number of ether oxygens (including phenoxy) is 1. The van der Waals surface area contributed by atoms with Gasteiger partial charge in [0.2, 0.25) is 17.7 Å². The molecular weight excluding hydrogens is 212 g/mol. The van der Waals surface area contributed by atoms with Crippen molar-refractivity contribution in [2.45, 2.75) is 13.0 Å². The lowest BCUT2D eigenvalue weighted by atomic mass is 10.1. The molecular formula is C11H8O5. The van der Waals surface area contributed by atoms with Gasteiger partial charge in [-0.1, -0.05) is 12.1 Å². The van der Waals surface area contributed by atoms with Crippen LogP contribution in [0.2, 0.25) is 0 Å². The van der Waals surface area contributed by atoms with E-state index in [4.69, 9.17) is 0 Å². The molecule has 1 unspecified atom stereocenters. The average Bonchev–Trinajstić information content (AvgIpc) is 2.44. The molecule has 0 spiro atoms. The SMILES string of the molecule is CC(=O)OC1C(=O)c2cccc(O)c2C1=O. The third-order valence-electron chi connectivity index (χ3n) is 2.31. The Morgan fingerprint density at radius 3 is 2.56 bits per heavy atom. The van der Waals surface area contributed by atoms with E-state index in [-0.39, 0.29) is 16.9 Å². The van der Waals surface area contributed by atoms with E-state index in [9.17, 15) is 19.5 Å². The molecule has 16 heavy (non-hydrogen) atoms. The first-order valence-electron chi connectivity index (χ1n) is 4.60. The first-order chi connectivity index (χ1) is 7.52. The summed E-state index contributed by atoms with van der Waals surface area (Å²) in [5.41, 5.74) is 0.0231. The molecule has 0 saturated carbocycles. The van der Waals surface area contributed by atoms with Crippen molar-refractivity contribution < 1.29 is 24.2 Å². The number of carbonyl (C=O) groups excluding carboxylic acids is 3. The molecule has 1 aliphatic rings. The molecule has 5 heteroatoms. The summed E-state index contributed by atoms with van der Waals surface area (Å²) in [5.74, 6) is -2.25. The molecule has 82 valence electrons. The third-order valence-corrected chi connectivity index (χ3v) is 2.31. The maximum Gasteiger partial charge on any atom is 0.303 e. The second-order valence-corrected chi connectivity index (χ2v) is 3.42. The minimum atomic E-state index is -1.44. The second kappa shape index (κ2) is 3.44. The van der Waals surface area contributed by atoms with Gasteiger partial charge < -0.3 is 9.84 Å². The Morgan fingerprint density at radius 2 is 2.00 bits per heavy atom. The standard InChI is InChI=1S/C11H8O5/c1-5(12)16-11-9(14)6-3-2-4-7(13)8(6)10(11)15/h2-4,11,13H,1H3. The van der Waals surface area contributed by atoms with Gasteiger partial charge in [-0.2, -0.15) is 0 Å². The van der Waals surface area contributed by atoms with E-state index in [1.807, 2.05) is 0 Å². The van der Waals surface area contributed by atoms with Crippen LogP contribution in [-0.2, 0) is 9.53 Å². The van der Waals surface area contributed by atoms with E-state index in [0.29, 0.717) is 0 Å². The molecule has 0 amide bonds. The van der Waals surface area contributed by atoms with Crippen molar-refractivity contribution in [2.75, 3.05) is 0 Å². The van der Waals surface area contributed by atoms with Crippen LogP contribution >= 0.6 is 0 Å². The Labute approximate surface area is 90.6 Å². The molecule has 2 rings (SSSR count). The van der Waals surface area contributed by atoms with Gasteiger partial charge in [-0.25, -0.2) is 0 Å². The summed E-state index contributed by atoms with van der Waals surface area (Å²) in [6.07, 6.45) is -1.44. The van der Waals surface area contributed by atoms with Gasteiger partial charge in [0.1, 0.15) is 5.75 Å². The molecule has 0 saturated heterocycles. The van der Waals surface area contributed by atoms with Gasteiger partial charge in [0, 0.05) is 12.5 Å². The quantitative estimate of drug-likeness (QED) is 0.556. The monoisotopic (exact) mass is 220 g/mol. The number of fused-ring (bicyclic) bond motifs is 1. The number of phenols is 1. The minimum absolute atomic E-state index is 0.0706. The summed E-state index contributed by atoms with van der Waals surface area (Å²) in [6, 6.07) is 4.18. The van der Waals surface area contributed by atoms with Crippen LogP contribution in [0.25, 0.3) is 0 Å². The highest BCUT2D eigenvalue weighted by Gasteiger charge is 2.42. The van der Waals surface area contributed by atoms with Crippen molar-refractivity contribution in [2.24, 2.45) is 0 Å². The molecule has 5 nitrogen and oxygen atoms in total. The highest BCUT2D eigenvalue weighted by molar-refractivity contribution is 6.30. The molecule has 0 fully saturated rings. The summed E-state index contributed by atoms with van der Waals surface area (Å²) in [5, 5.41) is 9.46. The summed E-state index contributed by atoms with van der Waals surface area (Å²) in [6.45, 7) is 1.11. The zero-order valence-corrected chi connectivity index (χ0v) is 8.39. The molecule has 0 aromatic heterocycles. The highest BCUT2D eigenvalue weighted by atomic mass is 16.5. The summed E-state index contributed by atoms with van der Waals surface area (Å²) < 4.78 is 4.62. The predicted molar refractivity (Wildman–Crippen MR) is 52.3 cm³/mol. The van der Waals surface area contributed by atoms with E-state index < -0.39 is 23.6 Å². The number of esters is 1. The van der Waals surface area contributed by atoms with Crippen LogP contribution in [0.5, 0.6) is 5.75 Å². The second-order valence-electron chi connectivity index (χ2n) is 3.42. The maximum atomic E-state index is 11.7. The Bertz CT molecular complexity index is 503. The van der Waals surface area contributed by atoms with Crippen LogP contribution in [0.4, 0.5) is 0 Å². The van der Waals surface area contributed by atoms with Crippen molar-refractivity contribution >= 4 is 17.5 Å². The lowest BCUT2D eigenvalue weighted by Gasteiger charge is -2.05. The zero-order chi connectivity index (χ0) is 11.9. The van der Waals surface area contributed by atoms with Crippen molar-refractivity contribution in [3.8, 4) is 5.75 Å². The smallest absolute Gasteiger partial charge is 0.303 e. The molecule has 0 aliphatic heterocycles. The van der Waals surface area contributed by atoms with E-state index >= 15 is 0 Å². The fourth-order valence-electron chi connectivity index (χ4n) is 1.67. The van der Waals surface area contributed by atoms with Crippen molar-refractivity contribution in [3.63, 3.8) is 0 Å². The highest BCUT2D eigenvalue weighted by Crippen LogP contribution is 2.31. The van der Waals surface area contributed by atoms with E-state index in [1.165, 1.54) is 18.2 Å². The molecule has 0 radical (unpaired) electrons. The summed E-state index contributed by atoms with van der Waals surface area (Å²) in [4.78, 5) is 34.1. The molecule has 1 aliphatic carbocycles. The molecule has 1 N–H and O–H groups in total. The largest absolute Gasteiger partial charge is 0.507 e. The first-order valence-corrected chi connectivity index (χ1v) is 4.60. The van der Waals surface area contributed by atoms with Crippen LogP contribution in [-0.4, -0.2) is 28.7 Å². The number of Topliss-reactive ketones (excluding diaryl/α,β-unsaturated/α-hetero) is 2. The number of hydrogen-bond donors (Lipinski definition) is 1. The van der Waals surface area contributed by atoms with E-state index in [1.54, 1.807) is 0 Å². The van der Waals surface area contributed by atoms with Gasteiger partial charge in [0.05, 0.1) is 5.56 Å². The van der Waals surface area contributed by atoms with Crippen LogP contribution in [0.3, 0.4) is 0 Å². The van der Waals surface area contributed by atoms with E-state index in [2.05, 4.69) is 4.74 Å². The van der Waals surface area contributed by atoms with Crippen LogP contribution in [0, 0.1) is 0 Å². The summed E-state index contributed by atoms with van der Waals surface area (Å²) >= 11 is 0. The Kier molecular flexibility index (Phi) is 2.23. The number of carbonyl (C=O) groups is 3. The molecule has 1 aromatic rings. The van der Waals surface area contributed by atoms with Crippen LogP contribution in [0.15, 0.2) is 18.2 Å². The predicted octanol–water partition coefficient (Wildman–Crippen LogP) is 0.703. The van der Waals surface area contributed by atoms with Gasteiger partial charge >= 0.3 is 5.97 Å². The maximum absolute atomic E-state index is 11.7. The number of hydrogen-bond acceptors (Lipinski definition) is 5. The molecule has 1 atom stereocenters. The number of benzene rings is 1. The van der Waals surface area contributed by atoms with Crippen LogP contribution < -0.4 is 0 Å². The lowest BCUT2D eigenvalue weighted by Crippen LogP contribution is -2.27. The fourth-order valence-corrected chi connectivity index (χ4v) is 1.67. The van der Waals surface area contributed by atoms with Gasteiger partial charge in [0.15, 0.2) is 0 Å². The van der Waals surface area contributed by atoms with E-state index in [0.717, 1.165) is 6.92 Å². The number of rotatable bonds is 1. The average molecular weight is 220 g/mol. The van der Waals surface area contributed by atoms with Gasteiger partial charge in [-0.05, 0) is 6.07 Å². The Hall–Kier alpha value is -2.17. The minimum Gasteiger partial charge on any atom is -0.507 e. The summed E-state index contributed by atoms with van der Waals surface area (Å²) in [7, 11) is 0. The fraction of sp³-hybridized carbons (Fsp3) is 0.182.